The molecule has 0 bridgehead atoms. The zero-order chi connectivity index (χ0) is 28.7. The van der Waals surface area contributed by atoms with Gasteiger partial charge in [-0.15, -0.1) is 0 Å². The lowest BCUT2D eigenvalue weighted by molar-refractivity contribution is -0.126. The third-order valence-electron chi connectivity index (χ3n) is 5.78. The smallest absolute Gasteiger partial charge is 0.408 e. The van der Waals surface area contributed by atoms with Gasteiger partial charge in [0.25, 0.3) is 5.91 Å². The molecule has 3 rings (SSSR count). The van der Waals surface area contributed by atoms with Crippen molar-refractivity contribution in [3.05, 3.63) is 102 Å². The number of rotatable bonds is 14. The minimum atomic E-state index is -0.871. The molecule has 210 valence electrons. The van der Waals surface area contributed by atoms with Gasteiger partial charge in [-0.2, -0.15) is 0 Å². The van der Waals surface area contributed by atoms with Crippen LogP contribution >= 0.6 is 0 Å². The standard InChI is InChI=1S/C31H35N3O6/c1-22(2)16-28(34-31(38)40-21-24-12-7-4-8-13-24)30(37)33-19-26(35)18-32-29(36)25-14-9-15-27(17-25)39-20-23-10-5-3-6-11-23/h3-15,17,22,28H,16,18-21H2,1-2H3,(H,32,36)(H,33,37)(H,34,38)/t28-/m0/s1. The predicted molar refractivity (Wildman–Crippen MR) is 151 cm³/mol. The molecule has 0 saturated heterocycles. The molecule has 0 aliphatic heterocycles. The van der Waals surface area contributed by atoms with Crippen molar-refractivity contribution in [3.63, 3.8) is 0 Å². The van der Waals surface area contributed by atoms with Gasteiger partial charge in [-0.25, -0.2) is 4.79 Å². The predicted octanol–water partition coefficient (Wildman–Crippen LogP) is 4.02. The van der Waals surface area contributed by atoms with Gasteiger partial charge in [0.1, 0.15) is 25.0 Å². The highest BCUT2D eigenvalue weighted by Crippen LogP contribution is 2.15. The van der Waals surface area contributed by atoms with Gasteiger partial charge in [0.05, 0.1) is 13.1 Å². The van der Waals surface area contributed by atoms with E-state index in [0.717, 1.165) is 11.1 Å². The Kier molecular flexibility index (Phi) is 11.7. The van der Waals surface area contributed by atoms with Crippen LogP contribution in [-0.4, -0.2) is 42.8 Å². The molecule has 0 aliphatic rings. The van der Waals surface area contributed by atoms with Crippen molar-refractivity contribution in [1.82, 2.24) is 16.0 Å². The van der Waals surface area contributed by atoms with E-state index in [4.69, 9.17) is 9.47 Å². The average Bonchev–Trinajstić information content (AvgIpc) is 2.97. The molecule has 9 nitrogen and oxygen atoms in total. The molecule has 0 fully saturated rings. The summed E-state index contributed by atoms with van der Waals surface area (Å²) in [6, 6.07) is 24.6. The lowest BCUT2D eigenvalue weighted by Gasteiger charge is -2.20. The lowest BCUT2D eigenvalue weighted by Crippen LogP contribution is -2.49. The van der Waals surface area contributed by atoms with Crippen LogP contribution in [0.2, 0.25) is 0 Å². The highest BCUT2D eigenvalue weighted by molar-refractivity contribution is 5.98. The van der Waals surface area contributed by atoms with Gasteiger partial charge in [-0.1, -0.05) is 80.6 Å². The summed E-state index contributed by atoms with van der Waals surface area (Å²) >= 11 is 0. The second-order valence-electron chi connectivity index (χ2n) is 9.63. The van der Waals surface area contributed by atoms with E-state index in [-0.39, 0.29) is 25.6 Å². The van der Waals surface area contributed by atoms with Gasteiger partial charge in [-0.05, 0) is 41.7 Å². The van der Waals surface area contributed by atoms with Crippen molar-refractivity contribution in [2.24, 2.45) is 5.92 Å². The molecule has 40 heavy (non-hydrogen) atoms. The van der Waals surface area contributed by atoms with Crippen LogP contribution in [0.1, 0.15) is 41.8 Å². The fourth-order valence-electron chi connectivity index (χ4n) is 3.73. The maximum atomic E-state index is 12.7. The summed E-state index contributed by atoms with van der Waals surface area (Å²) < 4.78 is 11.0. The topological polar surface area (TPSA) is 123 Å². The number of ether oxygens (including phenoxy) is 2. The molecule has 0 aliphatic carbocycles. The summed E-state index contributed by atoms with van der Waals surface area (Å²) in [5.41, 5.74) is 2.17. The first-order valence-corrected chi connectivity index (χ1v) is 13.1. The SMILES string of the molecule is CC(C)C[C@H](NC(=O)OCc1ccccc1)C(=O)NCC(=O)CNC(=O)c1cccc(OCc2ccccc2)c1. The second kappa shape index (κ2) is 15.7. The Labute approximate surface area is 234 Å². The summed E-state index contributed by atoms with van der Waals surface area (Å²) in [6.07, 6.45) is -0.363. The fraction of sp³-hybridized carbons (Fsp3) is 0.290. The first kappa shape index (κ1) is 29.9. The zero-order valence-electron chi connectivity index (χ0n) is 22.7. The molecule has 3 aromatic rings. The van der Waals surface area contributed by atoms with Gasteiger partial charge in [-0.3, -0.25) is 14.4 Å². The number of benzene rings is 3. The third-order valence-corrected chi connectivity index (χ3v) is 5.78. The largest absolute Gasteiger partial charge is 0.489 e. The third kappa shape index (κ3) is 10.6. The van der Waals surface area contributed by atoms with Crippen molar-refractivity contribution < 1.29 is 28.7 Å². The maximum Gasteiger partial charge on any atom is 0.408 e. The Balaban J connectivity index is 1.43. The second-order valence-corrected chi connectivity index (χ2v) is 9.63. The monoisotopic (exact) mass is 545 g/mol. The van der Waals surface area contributed by atoms with Crippen molar-refractivity contribution in [1.29, 1.82) is 0 Å². The molecule has 0 radical (unpaired) electrons. The minimum Gasteiger partial charge on any atom is -0.489 e. The molecule has 0 saturated carbocycles. The Morgan fingerprint density at radius 3 is 2.02 bits per heavy atom. The van der Waals surface area contributed by atoms with Crippen LogP contribution in [0.4, 0.5) is 4.79 Å². The average molecular weight is 546 g/mol. The number of nitrogens with one attached hydrogen (secondary N) is 3. The molecular formula is C31H35N3O6. The number of carbonyl (C=O) groups is 4. The molecular weight excluding hydrogens is 510 g/mol. The van der Waals surface area contributed by atoms with E-state index in [1.165, 1.54) is 0 Å². The molecule has 3 N–H and O–H groups in total. The molecule has 0 heterocycles. The number of Topliss-reactive ketones (excluding diaryl/α,β-unsaturated/α-hetero) is 1. The van der Waals surface area contributed by atoms with Crippen molar-refractivity contribution in [2.45, 2.75) is 39.5 Å². The number of hydrogen-bond donors (Lipinski definition) is 3. The van der Waals surface area contributed by atoms with Crippen molar-refractivity contribution >= 4 is 23.7 Å². The Bertz CT molecular complexity index is 1260. The van der Waals surface area contributed by atoms with E-state index in [1.54, 1.807) is 24.3 Å². The zero-order valence-corrected chi connectivity index (χ0v) is 22.7. The van der Waals surface area contributed by atoms with Crippen LogP contribution in [0.5, 0.6) is 5.75 Å². The molecule has 9 heteroatoms. The normalized spacial score (nSPS) is 11.3. The van der Waals surface area contributed by atoms with Crippen LogP contribution in [0.3, 0.4) is 0 Å². The van der Waals surface area contributed by atoms with E-state index in [2.05, 4.69) is 16.0 Å². The van der Waals surface area contributed by atoms with Crippen LogP contribution in [0, 0.1) is 5.92 Å². The summed E-state index contributed by atoms with van der Waals surface area (Å²) in [4.78, 5) is 49.9. The van der Waals surface area contributed by atoms with Crippen LogP contribution in [0.15, 0.2) is 84.9 Å². The van der Waals surface area contributed by atoms with Gasteiger partial charge in [0.2, 0.25) is 5.91 Å². The molecule has 3 amide bonds. The number of ketones is 1. The van der Waals surface area contributed by atoms with E-state index >= 15 is 0 Å². The highest BCUT2D eigenvalue weighted by Gasteiger charge is 2.23. The molecule has 0 spiro atoms. The first-order valence-electron chi connectivity index (χ1n) is 13.1. The van der Waals surface area contributed by atoms with E-state index < -0.39 is 29.7 Å². The maximum absolute atomic E-state index is 12.7. The van der Waals surface area contributed by atoms with E-state index in [9.17, 15) is 19.2 Å². The summed E-state index contributed by atoms with van der Waals surface area (Å²) in [7, 11) is 0. The van der Waals surface area contributed by atoms with Crippen molar-refractivity contribution in [3.8, 4) is 5.75 Å². The highest BCUT2D eigenvalue weighted by atomic mass is 16.5. The minimum absolute atomic E-state index is 0.0724. The van der Waals surface area contributed by atoms with Crippen LogP contribution < -0.4 is 20.7 Å². The summed E-state index contributed by atoms with van der Waals surface area (Å²) in [6.45, 7) is 3.70. The molecule has 3 aromatic carbocycles. The summed E-state index contributed by atoms with van der Waals surface area (Å²) in [5, 5.41) is 7.68. The van der Waals surface area contributed by atoms with Crippen LogP contribution in [0.25, 0.3) is 0 Å². The van der Waals surface area contributed by atoms with E-state index in [0.29, 0.717) is 24.3 Å². The Hall–Kier alpha value is -4.66. The number of hydrogen-bond acceptors (Lipinski definition) is 6. The Morgan fingerprint density at radius 1 is 0.750 bits per heavy atom. The van der Waals surface area contributed by atoms with Gasteiger partial charge in [0.15, 0.2) is 5.78 Å². The Morgan fingerprint density at radius 2 is 1.38 bits per heavy atom. The number of amides is 3. The molecule has 0 aromatic heterocycles. The van der Waals surface area contributed by atoms with Gasteiger partial charge >= 0.3 is 6.09 Å². The van der Waals surface area contributed by atoms with Gasteiger partial charge < -0.3 is 25.4 Å². The summed E-state index contributed by atoms with van der Waals surface area (Å²) in [5.74, 6) is -0.708. The van der Waals surface area contributed by atoms with Crippen molar-refractivity contribution in [2.75, 3.05) is 13.1 Å². The number of alkyl carbamates (subject to hydrolysis) is 1. The lowest BCUT2D eigenvalue weighted by atomic mass is 10.0. The molecule has 1 atom stereocenters. The van der Waals surface area contributed by atoms with Crippen LogP contribution in [-0.2, 0) is 27.5 Å². The fourth-order valence-corrected chi connectivity index (χ4v) is 3.73. The molecule has 0 unspecified atom stereocenters. The van der Waals surface area contributed by atoms with Gasteiger partial charge in [0, 0.05) is 5.56 Å². The van der Waals surface area contributed by atoms with E-state index in [1.807, 2.05) is 74.5 Å². The first-order chi connectivity index (χ1) is 19.3. The number of carbonyl (C=O) groups excluding carboxylic acids is 4. The quantitative estimate of drug-likeness (QED) is 0.281.